The summed E-state index contributed by atoms with van der Waals surface area (Å²) >= 11 is 0. The molecule has 1 aromatic carbocycles. The predicted octanol–water partition coefficient (Wildman–Crippen LogP) is -1.08. The molecule has 0 radical (unpaired) electrons. The number of carbonyl (C=O) groups excluding carboxylic acids is 8. The van der Waals surface area contributed by atoms with Gasteiger partial charge in [0.2, 0.25) is 47.3 Å². The highest BCUT2D eigenvalue weighted by Gasteiger charge is 2.36. The van der Waals surface area contributed by atoms with Crippen LogP contribution in [-0.2, 0) is 49.6 Å². The number of aliphatic carboxylic acids is 1. The molecule has 0 unspecified atom stereocenters. The highest BCUT2D eigenvalue weighted by atomic mass is 16.4. The average Bonchev–Trinajstić information content (AvgIpc) is 3.15. The molecule has 0 spiro atoms. The van der Waals surface area contributed by atoms with Crippen LogP contribution in [-0.4, -0.2) is 102 Å². The summed E-state index contributed by atoms with van der Waals surface area (Å²) in [6.45, 7) is 7.18. The van der Waals surface area contributed by atoms with Crippen molar-refractivity contribution >= 4 is 53.2 Å². The van der Waals surface area contributed by atoms with Gasteiger partial charge in [0, 0.05) is 18.6 Å². The second-order valence-electron chi connectivity index (χ2n) is 14.5. The van der Waals surface area contributed by atoms with Crippen molar-refractivity contribution in [3.05, 3.63) is 48.0 Å². The number of rotatable bonds is 21. The van der Waals surface area contributed by atoms with Gasteiger partial charge in [-0.05, 0) is 43.1 Å². The summed E-state index contributed by atoms with van der Waals surface area (Å²) in [5.41, 5.74) is 6.15. The Hall–Kier alpha value is -5.81. The lowest BCUT2D eigenvalue weighted by Gasteiger charge is -2.33. The van der Waals surface area contributed by atoms with Gasteiger partial charge in [0.05, 0.1) is 13.1 Å². The Labute approximate surface area is 326 Å². The smallest absolute Gasteiger partial charge is 0.326 e. The van der Waals surface area contributed by atoms with Crippen molar-refractivity contribution in [3.63, 3.8) is 0 Å². The van der Waals surface area contributed by atoms with Crippen LogP contribution in [0.1, 0.15) is 72.3 Å². The molecule has 1 saturated carbocycles. The number of hydrogen-bond donors (Lipinski definition) is 9. The number of amides is 8. The van der Waals surface area contributed by atoms with Crippen LogP contribution in [0.3, 0.4) is 0 Å². The Morgan fingerprint density at radius 3 is 1.82 bits per heavy atom. The molecule has 1 aliphatic carbocycles. The first kappa shape index (κ1) is 46.3. The van der Waals surface area contributed by atoms with Crippen molar-refractivity contribution in [3.8, 4) is 0 Å². The second kappa shape index (κ2) is 23.2. The quantitative estimate of drug-likeness (QED) is 0.0680. The minimum atomic E-state index is -1.25. The minimum Gasteiger partial charge on any atom is -0.480 e. The van der Waals surface area contributed by atoms with Crippen LogP contribution in [0.15, 0.2) is 42.5 Å². The van der Waals surface area contributed by atoms with Gasteiger partial charge in [0.25, 0.3) is 0 Å². The van der Waals surface area contributed by atoms with E-state index in [0.717, 1.165) is 31.4 Å². The molecule has 1 aliphatic rings. The normalized spacial score (nSPS) is 15.7. The van der Waals surface area contributed by atoms with Crippen LogP contribution in [0.4, 0.5) is 0 Å². The highest BCUT2D eigenvalue weighted by Crippen LogP contribution is 2.27. The van der Waals surface area contributed by atoms with Crippen LogP contribution < -0.4 is 43.0 Å². The summed E-state index contributed by atoms with van der Waals surface area (Å²) in [5.74, 6) is -7.90. The maximum atomic E-state index is 13.7. The molecule has 1 aromatic rings. The number of nitrogens with one attached hydrogen (secondary N) is 7. The zero-order valence-corrected chi connectivity index (χ0v) is 32.5. The fraction of sp³-hybridized carbons (Fsp3) is 0.553. The van der Waals surface area contributed by atoms with Gasteiger partial charge in [-0.25, -0.2) is 4.79 Å². The number of hydrogen-bond acceptors (Lipinski definition) is 9. The van der Waals surface area contributed by atoms with Crippen LogP contribution in [0, 0.1) is 17.8 Å². The van der Waals surface area contributed by atoms with Crippen molar-refractivity contribution in [2.45, 2.75) is 103 Å². The van der Waals surface area contributed by atoms with E-state index in [4.69, 9.17) is 5.73 Å². The minimum absolute atomic E-state index is 0.0361. The predicted molar refractivity (Wildman–Crippen MR) is 204 cm³/mol. The Balaban J connectivity index is 1.90. The summed E-state index contributed by atoms with van der Waals surface area (Å²) in [6, 6.07) is 3.29. The molecular formula is C38H56N8O10. The van der Waals surface area contributed by atoms with Gasteiger partial charge in [-0.1, -0.05) is 77.3 Å². The number of nitrogens with two attached hydrogens (primary N) is 1. The molecule has 8 amide bonds. The SMILES string of the molecule is CC(C)[C@H](NC(=O)[C@@H](NC(=O)[C@@H](NC(=O)[C@H](C)NC(=O)/C=C/C(=O)NCC(=O)NCC(=O)N[C@@H](Cc1ccccc1)C(=O)O)C1CCCCC1)C(C)C)C(N)=O. The standard InChI is InChI=1S/C38H56N8O10/c1-21(2)31(34(39)51)44-36(53)32(22(3)4)45-37(54)33(25-14-10-7-11-15-25)46-35(52)23(5)42-28(48)17-16-27(47)40-19-29(49)41-20-30(50)43-26(38(55)56)18-24-12-8-6-9-13-24/h6,8-9,12-13,16-17,21-23,25-26,31-33H,7,10-11,14-15,18-20H2,1-5H3,(H2,39,51)(H,40,47)(H,41,49)(H,42,48)(H,43,50)(H,44,53)(H,45,54)(H,46,52)(H,55,56)/b17-16+/t23-,26-,31-,32-,33-/m0/s1. The summed E-state index contributed by atoms with van der Waals surface area (Å²) in [5, 5.41) is 26.7. The lowest BCUT2D eigenvalue weighted by Crippen LogP contribution is -2.61. The van der Waals surface area contributed by atoms with E-state index >= 15 is 0 Å². The maximum Gasteiger partial charge on any atom is 0.326 e. The molecule has 5 atom stereocenters. The Kier molecular flexibility index (Phi) is 19.2. The first-order chi connectivity index (χ1) is 26.4. The monoisotopic (exact) mass is 784 g/mol. The molecule has 18 nitrogen and oxygen atoms in total. The lowest BCUT2D eigenvalue weighted by molar-refractivity contribution is -0.141. The number of benzene rings is 1. The first-order valence-corrected chi connectivity index (χ1v) is 18.7. The largest absolute Gasteiger partial charge is 0.480 e. The molecular weight excluding hydrogens is 728 g/mol. The van der Waals surface area contributed by atoms with Gasteiger partial charge in [-0.15, -0.1) is 0 Å². The van der Waals surface area contributed by atoms with Gasteiger partial charge >= 0.3 is 5.97 Å². The van der Waals surface area contributed by atoms with Crippen molar-refractivity contribution in [1.29, 1.82) is 0 Å². The Morgan fingerprint density at radius 2 is 1.25 bits per heavy atom. The van der Waals surface area contributed by atoms with Crippen LogP contribution in [0.25, 0.3) is 0 Å². The average molecular weight is 785 g/mol. The molecule has 0 aromatic heterocycles. The molecule has 10 N–H and O–H groups in total. The fourth-order valence-electron chi connectivity index (χ4n) is 5.97. The van der Waals surface area contributed by atoms with Crippen molar-refractivity contribution in [2.24, 2.45) is 23.5 Å². The molecule has 0 aliphatic heterocycles. The van der Waals surface area contributed by atoms with E-state index < -0.39 is 96.5 Å². The zero-order valence-electron chi connectivity index (χ0n) is 32.5. The van der Waals surface area contributed by atoms with Crippen LogP contribution >= 0.6 is 0 Å². The number of carboxylic acid groups (broad SMARTS) is 1. The molecule has 2 rings (SSSR count). The summed E-state index contributed by atoms with van der Waals surface area (Å²) < 4.78 is 0. The second-order valence-corrected chi connectivity index (χ2v) is 14.5. The molecule has 308 valence electrons. The van der Waals surface area contributed by atoms with Gasteiger partial charge in [0.15, 0.2) is 0 Å². The Bertz CT molecular complexity index is 1590. The maximum absolute atomic E-state index is 13.7. The van der Waals surface area contributed by atoms with Gasteiger partial charge < -0.3 is 48.1 Å². The first-order valence-electron chi connectivity index (χ1n) is 18.7. The van der Waals surface area contributed by atoms with E-state index in [2.05, 4.69) is 37.2 Å². The van der Waals surface area contributed by atoms with E-state index in [1.54, 1.807) is 58.0 Å². The summed E-state index contributed by atoms with van der Waals surface area (Å²) in [7, 11) is 0. The Morgan fingerprint density at radius 1 is 0.679 bits per heavy atom. The van der Waals surface area contributed by atoms with E-state index in [1.807, 2.05) is 0 Å². The van der Waals surface area contributed by atoms with E-state index in [-0.39, 0.29) is 24.2 Å². The van der Waals surface area contributed by atoms with E-state index in [0.29, 0.717) is 18.4 Å². The van der Waals surface area contributed by atoms with E-state index in [9.17, 15) is 48.3 Å². The summed E-state index contributed by atoms with van der Waals surface area (Å²) in [4.78, 5) is 113. The number of carboxylic acids is 1. The summed E-state index contributed by atoms with van der Waals surface area (Å²) in [6.07, 6.45) is 5.66. The topological polar surface area (TPSA) is 284 Å². The van der Waals surface area contributed by atoms with Crippen LogP contribution in [0.5, 0.6) is 0 Å². The third-order valence-electron chi connectivity index (χ3n) is 9.14. The highest BCUT2D eigenvalue weighted by molar-refractivity contribution is 6.00. The van der Waals surface area contributed by atoms with Crippen molar-refractivity contribution in [1.82, 2.24) is 37.2 Å². The lowest BCUT2D eigenvalue weighted by atomic mass is 9.83. The number of primary amides is 1. The zero-order chi connectivity index (χ0) is 41.9. The molecule has 0 saturated heterocycles. The van der Waals surface area contributed by atoms with Crippen LogP contribution in [0.2, 0.25) is 0 Å². The molecule has 56 heavy (non-hydrogen) atoms. The van der Waals surface area contributed by atoms with Gasteiger partial charge in [0.1, 0.15) is 30.2 Å². The van der Waals surface area contributed by atoms with Gasteiger partial charge in [-0.2, -0.15) is 0 Å². The fourth-order valence-corrected chi connectivity index (χ4v) is 5.97. The van der Waals surface area contributed by atoms with Crippen molar-refractivity contribution < 1.29 is 48.3 Å². The third-order valence-corrected chi connectivity index (χ3v) is 9.14. The molecule has 0 bridgehead atoms. The van der Waals surface area contributed by atoms with Crippen molar-refractivity contribution in [2.75, 3.05) is 13.1 Å². The molecule has 0 heterocycles. The number of carbonyl (C=O) groups is 9. The van der Waals surface area contributed by atoms with Gasteiger partial charge in [-0.3, -0.25) is 38.4 Å². The third kappa shape index (κ3) is 16.3. The molecule has 1 fully saturated rings. The van der Waals surface area contributed by atoms with E-state index in [1.165, 1.54) is 6.92 Å². The molecule has 18 heteroatoms.